The van der Waals surface area contributed by atoms with Crippen LogP contribution in [-0.2, 0) is 12.8 Å². The van der Waals surface area contributed by atoms with Gasteiger partial charge in [0.05, 0.1) is 23.6 Å². The topological polar surface area (TPSA) is 70.9 Å². The molecule has 6 nitrogen and oxygen atoms in total. The van der Waals surface area contributed by atoms with E-state index >= 15 is 0 Å². The lowest BCUT2D eigenvalue weighted by Crippen LogP contribution is -2.28. The number of fused-ring (bicyclic) bond motifs is 4. The first-order chi connectivity index (χ1) is 16.9. The van der Waals surface area contributed by atoms with Crippen LogP contribution in [0.3, 0.4) is 0 Å². The summed E-state index contributed by atoms with van der Waals surface area (Å²) < 4.78 is 43.9. The maximum Gasteiger partial charge on any atom is 0.161 e. The summed E-state index contributed by atoms with van der Waals surface area (Å²) in [6.07, 6.45) is 6.63. The molecule has 35 heavy (non-hydrogen) atoms. The molecule has 0 saturated heterocycles. The maximum absolute atomic E-state index is 14.3. The van der Waals surface area contributed by atoms with Gasteiger partial charge in [-0.1, -0.05) is 13.8 Å². The Balaban J connectivity index is 1.41. The molecule has 4 aromatic heterocycles. The Morgan fingerprint density at radius 3 is 2.71 bits per heavy atom. The van der Waals surface area contributed by atoms with Gasteiger partial charge in [0.25, 0.3) is 0 Å². The van der Waals surface area contributed by atoms with Crippen molar-refractivity contribution in [3.8, 4) is 11.3 Å². The summed E-state index contributed by atoms with van der Waals surface area (Å²) in [5, 5.41) is 8.71. The number of H-pyrrole nitrogens is 1. The molecule has 1 aromatic carbocycles. The number of hydrogen-bond acceptors (Lipinski definition) is 4. The van der Waals surface area contributed by atoms with Crippen LogP contribution in [0.4, 0.5) is 19.0 Å². The van der Waals surface area contributed by atoms with Gasteiger partial charge >= 0.3 is 0 Å². The molecule has 1 atom stereocenters. The zero-order chi connectivity index (χ0) is 24.3. The molecule has 6 rings (SSSR count). The number of hydrogen-bond donors (Lipinski definition) is 2. The molecule has 0 spiro atoms. The molecule has 5 aromatic rings. The van der Waals surface area contributed by atoms with Gasteiger partial charge in [-0.05, 0) is 42.9 Å². The molecule has 9 heteroatoms. The molecule has 0 saturated carbocycles. The third kappa shape index (κ3) is 3.71. The molecular weight excluding hydrogens is 453 g/mol. The monoisotopic (exact) mass is 476 g/mol. The first-order valence-corrected chi connectivity index (χ1v) is 11.6. The van der Waals surface area contributed by atoms with E-state index in [2.05, 4.69) is 34.2 Å². The van der Waals surface area contributed by atoms with Crippen molar-refractivity contribution < 1.29 is 13.2 Å². The van der Waals surface area contributed by atoms with Crippen molar-refractivity contribution in [3.05, 3.63) is 77.1 Å². The van der Waals surface area contributed by atoms with E-state index in [0.717, 1.165) is 35.5 Å². The molecule has 1 aliphatic rings. The highest BCUT2D eigenvalue weighted by atomic mass is 19.1. The van der Waals surface area contributed by atoms with Crippen LogP contribution < -0.4 is 5.32 Å². The molecule has 178 valence electrons. The van der Waals surface area contributed by atoms with Crippen molar-refractivity contribution in [2.75, 3.05) is 5.32 Å². The number of pyridine rings is 1. The Bertz CT molecular complexity index is 1590. The van der Waals surface area contributed by atoms with Crippen LogP contribution in [0.15, 0.2) is 42.9 Å². The van der Waals surface area contributed by atoms with E-state index in [-0.39, 0.29) is 12.0 Å². The van der Waals surface area contributed by atoms with Gasteiger partial charge < -0.3 is 10.3 Å². The SMILES string of the molecule is CC(C)c1cnn2c(N[C@H]3CCc4[nH]c5c(F)cc(F)cc5c4C3)cc(-c3cncc(F)c3)nc12. The second kappa shape index (κ2) is 8.11. The quantitative estimate of drug-likeness (QED) is 0.345. The van der Waals surface area contributed by atoms with E-state index in [1.54, 1.807) is 16.9 Å². The van der Waals surface area contributed by atoms with E-state index < -0.39 is 17.5 Å². The number of nitrogens with zero attached hydrogens (tertiary/aromatic N) is 4. The molecule has 0 radical (unpaired) electrons. The molecule has 0 amide bonds. The van der Waals surface area contributed by atoms with Gasteiger partial charge in [-0.25, -0.2) is 18.2 Å². The Hall–Kier alpha value is -3.88. The van der Waals surface area contributed by atoms with Gasteiger partial charge in [0.15, 0.2) is 5.65 Å². The summed E-state index contributed by atoms with van der Waals surface area (Å²) in [6.45, 7) is 4.14. The second-order valence-corrected chi connectivity index (χ2v) is 9.38. The van der Waals surface area contributed by atoms with Crippen LogP contribution in [0.25, 0.3) is 27.8 Å². The van der Waals surface area contributed by atoms with Crippen LogP contribution in [0.2, 0.25) is 0 Å². The van der Waals surface area contributed by atoms with E-state index in [1.165, 1.54) is 12.1 Å². The lowest BCUT2D eigenvalue weighted by Gasteiger charge is -2.25. The van der Waals surface area contributed by atoms with Gasteiger partial charge in [-0.3, -0.25) is 4.98 Å². The van der Waals surface area contributed by atoms with E-state index in [0.29, 0.717) is 46.5 Å². The van der Waals surface area contributed by atoms with Gasteiger partial charge in [0, 0.05) is 46.6 Å². The Morgan fingerprint density at radius 1 is 1.06 bits per heavy atom. The van der Waals surface area contributed by atoms with Crippen LogP contribution in [0.1, 0.15) is 43.0 Å². The predicted molar refractivity (Wildman–Crippen MR) is 128 cm³/mol. The maximum atomic E-state index is 14.3. The zero-order valence-electron chi connectivity index (χ0n) is 19.2. The number of aromatic nitrogens is 5. The molecular formula is C26H23F3N6. The molecule has 1 aliphatic carbocycles. The zero-order valence-corrected chi connectivity index (χ0v) is 19.2. The predicted octanol–water partition coefficient (Wildman–Crippen LogP) is 5.78. The molecule has 0 bridgehead atoms. The minimum atomic E-state index is -0.589. The standard InChI is InChI=1S/C26H23F3N6/c1-13(2)20-12-31-35-24(9-23(34-26(20)35)14-5-16(28)11-30-10-14)32-17-3-4-22-18(8-17)19-6-15(27)7-21(29)25(19)33-22/h5-7,9-13,17,32-33H,3-4,8H2,1-2H3/t17-/m0/s1. The van der Waals surface area contributed by atoms with E-state index in [1.807, 2.05) is 6.07 Å². The number of aryl methyl sites for hydroxylation is 1. The molecule has 0 fully saturated rings. The second-order valence-electron chi connectivity index (χ2n) is 9.38. The normalized spacial score (nSPS) is 15.8. The Morgan fingerprint density at radius 2 is 1.91 bits per heavy atom. The van der Waals surface area contributed by atoms with Gasteiger partial charge in [0.2, 0.25) is 0 Å². The fourth-order valence-electron chi connectivity index (χ4n) is 4.96. The molecule has 0 aliphatic heterocycles. The van der Waals surface area contributed by atoms with Crippen molar-refractivity contribution in [2.24, 2.45) is 0 Å². The van der Waals surface area contributed by atoms with Crippen molar-refractivity contribution in [1.82, 2.24) is 24.6 Å². The third-order valence-corrected chi connectivity index (χ3v) is 6.69. The highest BCUT2D eigenvalue weighted by Gasteiger charge is 2.25. The van der Waals surface area contributed by atoms with Crippen LogP contribution in [0, 0.1) is 17.5 Å². The number of rotatable bonds is 4. The Labute approximate surface area is 199 Å². The van der Waals surface area contributed by atoms with Gasteiger partial charge in [0.1, 0.15) is 23.3 Å². The smallest absolute Gasteiger partial charge is 0.161 e. The van der Waals surface area contributed by atoms with Crippen LogP contribution in [0.5, 0.6) is 0 Å². The van der Waals surface area contributed by atoms with Crippen LogP contribution >= 0.6 is 0 Å². The van der Waals surface area contributed by atoms with Crippen molar-refractivity contribution in [3.63, 3.8) is 0 Å². The lowest BCUT2D eigenvalue weighted by atomic mass is 9.91. The summed E-state index contributed by atoms with van der Waals surface area (Å²) >= 11 is 0. The van der Waals surface area contributed by atoms with E-state index in [4.69, 9.17) is 4.98 Å². The summed E-state index contributed by atoms with van der Waals surface area (Å²) in [4.78, 5) is 11.9. The Kier molecular flexibility index (Phi) is 5.01. The highest BCUT2D eigenvalue weighted by molar-refractivity contribution is 5.85. The molecule has 0 unspecified atom stereocenters. The number of halogens is 3. The van der Waals surface area contributed by atoms with Crippen molar-refractivity contribution in [2.45, 2.75) is 45.1 Å². The number of anilines is 1. The summed E-state index contributed by atoms with van der Waals surface area (Å²) in [7, 11) is 0. The summed E-state index contributed by atoms with van der Waals surface area (Å²) in [6, 6.07) is 5.54. The average Bonchev–Trinajstić information content (AvgIpc) is 3.41. The first-order valence-electron chi connectivity index (χ1n) is 11.6. The third-order valence-electron chi connectivity index (χ3n) is 6.69. The first kappa shape index (κ1) is 21.6. The fraction of sp³-hybridized carbons (Fsp3) is 0.269. The fourth-order valence-corrected chi connectivity index (χ4v) is 4.96. The number of benzene rings is 1. The minimum absolute atomic E-state index is 0.00335. The van der Waals surface area contributed by atoms with Crippen molar-refractivity contribution in [1.29, 1.82) is 0 Å². The molecule has 2 N–H and O–H groups in total. The van der Waals surface area contributed by atoms with E-state index in [9.17, 15) is 13.2 Å². The lowest BCUT2D eigenvalue weighted by molar-refractivity contribution is 0.591. The largest absolute Gasteiger partial charge is 0.367 e. The van der Waals surface area contributed by atoms with Crippen LogP contribution in [-0.4, -0.2) is 30.6 Å². The number of nitrogens with one attached hydrogen (secondary N) is 2. The highest BCUT2D eigenvalue weighted by Crippen LogP contribution is 2.33. The summed E-state index contributed by atoms with van der Waals surface area (Å²) in [5.74, 6) is -0.696. The minimum Gasteiger partial charge on any atom is -0.367 e. The summed E-state index contributed by atoms with van der Waals surface area (Å²) in [5.41, 5.74) is 5.03. The van der Waals surface area contributed by atoms with Crippen molar-refractivity contribution >= 4 is 22.4 Å². The molecule has 4 heterocycles. The number of aromatic amines is 1. The van der Waals surface area contributed by atoms with Gasteiger partial charge in [-0.15, -0.1) is 0 Å². The average molecular weight is 477 g/mol. The van der Waals surface area contributed by atoms with Gasteiger partial charge in [-0.2, -0.15) is 9.61 Å².